The van der Waals surface area contributed by atoms with Crippen LogP contribution in [0.3, 0.4) is 0 Å². The van der Waals surface area contributed by atoms with Crippen LogP contribution in [0.4, 0.5) is 0 Å². The molecule has 1 aliphatic carbocycles. The van der Waals surface area contributed by atoms with Crippen LogP contribution in [0.5, 0.6) is 0 Å². The summed E-state index contributed by atoms with van der Waals surface area (Å²) >= 11 is 0. The van der Waals surface area contributed by atoms with Gasteiger partial charge in [-0.2, -0.15) is 0 Å². The molecule has 0 radical (unpaired) electrons. The van der Waals surface area contributed by atoms with Gasteiger partial charge in [0.05, 0.1) is 41.3 Å². The molecule has 4 amide bonds. The summed E-state index contributed by atoms with van der Waals surface area (Å²) in [6.45, 7) is 5.28. The number of likely N-dealkylation sites (tertiary alicyclic amines) is 1. The molecule has 188 valence electrons. The molecule has 0 bridgehead atoms. The van der Waals surface area contributed by atoms with Gasteiger partial charge < -0.3 is 10.2 Å². The molecule has 10 nitrogen and oxygen atoms in total. The van der Waals surface area contributed by atoms with Crippen molar-refractivity contribution in [2.45, 2.75) is 13.3 Å². The van der Waals surface area contributed by atoms with Gasteiger partial charge >= 0.3 is 11.9 Å². The number of hydrogen-bond acceptors (Lipinski definition) is 6. The van der Waals surface area contributed by atoms with Gasteiger partial charge in [0.15, 0.2) is 0 Å². The van der Waals surface area contributed by atoms with Crippen molar-refractivity contribution in [3.63, 3.8) is 0 Å². The van der Waals surface area contributed by atoms with E-state index < -0.39 is 41.5 Å². The fraction of sp³-hybridized carbons (Fsp3) is 0.185. The van der Waals surface area contributed by atoms with E-state index in [2.05, 4.69) is 6.58 Å². The highest BCUT2D eigenvalue weighted by atomic mass is 16.4. The minimum Gasteiger partial charge on any atom is -0.478 e. The Balaban J connectivity index is 1.47. The van der Waals surface area contributed by atoms with Gasteiger partial charge in [0, 0.05) is 5.57 Å². The lowest BCUT2D eigenvalue weighted by atomic mass is 9.90. The van der Waals surface area contributed by atoms with Crippen molar-refractivity contribution in [2.75, 3.05) is 13.1 Å². The SMILES string of the molecule is C=C/C(=C\C=C(/C)CN1C(=O)c2ccc(C(=O)O)cc2C1=O)CN1C(=O)C2=CC(C(=O)O)=CCC2C1=O. The molecule has 2 N–H and O–H groups in total. The Morgan fingerprint density at radius 2 is 1.68 bits per heavy atom. The van der Waals surface area contributed by atoms with Crippen LogP contribution in [0.25, 0.3) is 0 Å². The Bertz CT molecular complexity index is 1430. The number of carboxylic acid groups (broad SMARTS) is 2. The van der Waals surface area contributed by atoms with Crippen molar-refractivity contribution >= 4 is 35.6 Å². The maximum Gasteiger partial charge on any atom is 0.335 e. The smallest absolute Gasteiger partial charge is 0.335 e. The fourth-order valence-corrected chi connectivity index (χ4v) is 4.37. The van der Waals surface area contributed by atoms with E-state index in [0.717, 1.165) is 9.80 Å². The van der Waals surface area contributed by atoms with Gasteiger partial charge in [-0.3, -0.25) is 29.0 Å². The van der Waals surface area contributed by atoms with Crippen LogP contribution in [-0.4, -0.2) is 68.7 Å². The third-order valence-corrected chi connectivity index (χ3v) is 6.37. The number of imide groups is 2. The number of fused-ring (bicyclic) bond motifs is 2. The maximum atomic E-state index is 12.8. The molecule has 0 spiro atoms. The van der Waals surface area contributed by atoms with Gasteiger partial charge in [0.1, 0.15) is 0 Å². The summed E-state index contributed by atoms with van der Waals surface area (Å²) in [6.07, 6.45) is 7.50. The molecule has 0 saturated carbocycles. The number of allylic oxidation sites excluding steroid dienone is 3. The first-order valence-electron chi connectivity index (χ1n) is 11.3. The molecule has 1 unspecified atom stereocenters. The first-order chi connectivity index (χ1) is 17.5. The molecule has 1 fully saturated rings. The van der Waals surface area contributed by atoms with E-state index in [0.29, 0.717) is 11.1 Å². The Labute approximate surface area is 211 Å². The van der Waals surface area contributed by atoms with Crippen molar-refractivity contribution in [3.05, 3.63) is 94.1 Å². The van der Waals surface area contributed by atoms with Crippen LogP contribution in [0.1, 0.15) is 44.4 Å². The molecule has 37 heavy (non-hydrogen) atoms. The minimum absolute atomic E-state index is 0.0281. The van der Waals surface area contributed by atoms with Crippen molar-refractivity contribution in [1.82, 2.24) is 9.80 Å². The Hall–Kier alpha value is -4.86. The molecular formula is C27H22N2O8. The number of nitrogens with zero attached hydrogens (tertiary/aromatic N) is 2. The number of aliphatic carboxylic acids is 1. The first kappa shape index (κ1) is 25.2. The number of rotatable bonds is 8. The lowest BCUT2D eigenvalue weighted by molar-refractivity contribution is -0.138. The maximum absolute atomic E-state index is 12.8. The summed E-state index contributed by atoms with van der Waals surface area (Å²) < 4.78 is 0. The Morgan fingerprint density at radius 3 is 2.32 bits per heavy atom. The van der Waals surface area contributed by atoms with E-state index in [4.69, 9.17) is 5.11 Å². The molecule has 4 rings (SSSR count). The van der Waals surface area contributed by atoms with Crippen molar-refractivity contribution in [3.8, 4) is 0 Å². The molecular weight excluding hydrogens is 480 g/mol. The molecule has 1 atom stereocenters. The van der Waals surface area contributed by atoms with Gasteiger partial charge in [-0.15, -0.1) is 0 Å². The van der Waals surface area contributed by atoms with Crippen LogP contribution in [0, 0.1) is 5.92 Å². The van der Waals surface area contributed by atoms with Crippen LogP contribution in [0.2, 0.25) is 0 Å². The minimum atomic E-state index is -1.20. The summed E-state index contributed by atoms with van der Waals surface area (Å²) in [5, 5.41) is 18.3. The van der Waals surface area contributed by atoms with Crippen LogP contribution in [0.15, 0.2) is 77.5 Å². The zero-order valence-electron chi connectivity index (χ0n) is 19.8. The van der Waals surface area contributed by atoms with Gasteiger partial charge in [-0.25, -0.2) is 9.59 Å². The van der Waals surface area contributed by atoms with Crippen LogP contribution < -0.4 is 0 Å². The molecule has 2 heterocycles. The van der Waals surface area contributed by atoms with Crippen molar-refractivity contribution in [2.24, 2.45) is 5.92 Å². The standard InChI is InChI=1S/C27H22N2O8/c1-3-15(13-29-23(31)19-9-7-17(27(36)37)11-21(19)25(29)33)5-4-14(2)12-28-22(30)18-8-6-16(26(34)35)10-20(18)24(28)32/h3-8,10-11,19H,1,9,12-13H2,2H3,(H,34,35)(H,36,37)/b14-4+,15-5+. The molecule has 2 aliphatic heterocycles. The lowest BCUT2D eigenvalue weighted by Crippen LogP contribution is -2.32. The summed E-state index contributed by atoms with van der Waals surface area (Å²) in [5.41, 5.74) is 1.31. The van der Waals surface area contributed by atoms with Gasteiger partial charge in [0.25, 0.3) is 17.7 Å². The number of carbonyl (C=O) groups is 6. The predicted molar refractivity (Wildman–Crippen MR) is 129 cm³/mol. The Morgan fingerprint density at radius 1 is 0.973 bits per heavy atom. The summed E-state index contributed by atoms with van der Waals surface area (Å²) in [6, 6.07) is 3.77. The van der Waals surface area contributed by atoms with E-state index in [1.165, 1.54) is 36.4 Å². The number of amides is 4. The van der Waals surface area contributed by atoms with Crippen LogP contribution >= 0.6 is 0 Å². The van der Waals surface area contributed by atoms with Crippen molar-refractivity contribution in [1.29, 1.82) is 0 Å². The zero-order valence-corrected chi connectivity index (χ0v) is 19.8. The average molecular weight is 502 g/mol. The second-order valence-corrected chi connectivity index (χ2v) is 8.80. The second-order valence-electron chi connectivity index (χ2n) is 8.80. The highest BCUT2D eigenvalue weighted by Gasteiger charge is 2.44. The van der Waals surface area contributed by atoms with Gasteiger partial charge in [-0.05, 0) is 43.2 Å². The summed E-state index contributed by atoms with van der Waals surface area (Å²) in [5.74, 6) is -5.19. The first-order valence-corrected chi connectivity index (χ1v) is 11.3. The number of hydrogen-bond donors (Lipinski definition) is 2. The second kappa shape index (κ2) is 9.65. The predicted octanol–water partition coefficient (Wildman–Crippen LogP) is 2.37. The summed E-state index contributed by atoms with van der Waals surface area (Å²) in [7, 11) is 0. The van der Waals surface area contributed by atoms with Crippen LogP contribution in [-0.2, 0) is 14.4 Å². The molecule has 1 aromatic carbocycles. The van der Waals surface area contributed by atoms with E-state index in [9.17, 15) is 33.9 Å². The Kier molecular flexibility index (Phi) is 6.58. The van der Waals surface area contributed by atoms with E-state index in [1.807, 2.05) is 0 Å². The molecule has 10 heteroatoms. The van der Waals surface area contributed by atoms with Crippen molar-refractivity contribution < 1.29 is 39.0 Å². The normalized spacial score (nSPS) is 19.5. The number of aromatic carboxylic acids is 1. The fourth-order valence-electron chi connectivity index (χ4n) is 4.37. The summed E-state index contributed by atoms with van der Waals surface area (Å²) in [4.78, 5) is 75.5. The molecule has 1 saturated heterocycles. The number of benzene rings is 1. The average Bonchev–Trinajstić information content (AvgIpc) is 3.25. The molecule has 0 aromatic heterocycles. The molecule has 1 aromatic rings. The largest absolute Gasteiger partial charge is 0.478 e. The quantitative estimate of drug-likeness (QED) is 0.406. The lowest BCUT2D eigenvalue weighted by Gasteiger charge is -2.15. The highest BCUT2D eigenvalue weighted by Crippen LogP contribution is 2.34. The monoisotopic (exact) mass is 502 g/mol. The highest BCUT2D eigenvalue weighted by molar-refractivity contribution is 6.22. The third kappa shape index (κ3) is 4.56. The zero-order chi connectivity index (χ0) is 27.0. The number of carboxylic acids is 2. The number of carbonyl (C=O) groups excluding carboxylic acids is 4. The topological polar surface area (TPSA) is 149 Å². The van der Waals surface area contributed by atoms with Gasteiger partial charge in [0.2, 0.25) is 5.91 Å². The van der Waals surface area contributed by atoms with E-state index in [-0.39, 0.29) is 47.3 Å². The van der Waals surface area contributed by atoms with E-state index >= 15 is 0 Å². The molecule has 3 aliphatic rings. The van der Waals surface area contributed by atoms with Gasteiger partial charge in [-0.1, -0.05) is 36.5 Å². The third-order valence-electron chi connectivity index (χ3n) is 6.37. The van der Waals surface area contributed by atoms with E-state index in [1.54, 1.807) is 19.1 Å².